The number of hydrogen-bond donors (Lipinski definition) is 0. The molecule has 0 aromatic heterocycles. The molecule has 2 aromatic rings. The van der Waals surface area contributed by atoms with Gasteiger partial charge in [0.1, 0.15) is 0 Å². The molecule has 0 heterocycles. The van der Waals surface area contributed by atoms with Crippen LogP contribution >= 0.6 is 0 Å². The summed E-state index contributed by atoms with van der Waals surface area (Å²) < 4.78 is 0. The second-order valence-corrected chi connectivity index (χ2v) is 5.64. The van der Waals surface area contributed by atoms with Crippen LogP contribution < -0.4 is 0 Å². The summed E-state index contributed by atoms with van der Waals surface area (Å²) in [5, 5.41) is 0. The summed E-state index contributed by atoms with van der Waals surface area (Å²) in [5.41, 5.74) is 7.42. The first-order valence-electron chi connectivity index (χ1n) is 7.58. The topological polar surface area (TPSA) is 0 Å². The Balaban J connectivity index is 0.00000147. The molecule has 0 saturated carbocycles. The molecule has 0 unspecified atom stereocenters. The van der Waals surface area contributed by atoms with Gasteiger partial charge in [0, 0.05) is 0 Å². The minimum Gasteiger partial charge on any atom is -0.0776 e. The van der Waals surface area contributed by atoms with Crippen LogP contribution in [-0.2, 0) is 12.8 Å². The molecule has 20 heavy (non-hydrogen) atoms. The fourth-order valence-electron chi connectivity index (χ4n) is 3.11. The van der Waals surface area contributed by atoms with Crippen LogP contribution in [0.1, 0.15) is 56.7 Å². The smallest absolute Gasteiger partial charge is 0.00134 e. The minimum atomic E-state index is 0. The zero-order valence-corrected chi connectivity index (χ0v) is 11.8. The van der Waals surface area contributed by atoms with E-state index in [4.69, 9.17) is 0 Å². The molecule has 0 atom stereocenters. The molecule has 3 rings (SSSR count). The van der Waals surface area contributed by atoms with Crippen molar-refractivity contribution in [2.24, 2.45) is 0 Å². The highest BCUT2D eigenvalue weighted by Crippen LogP contribution is 2.36. The van der Waals surface area contributed by atoms with Gasteiger partial charge in [-0.25, -0.2) is 0 Å². The van der Waals surface area contributed by atoms with Crippen LogP contribution in [0.5, 0.6) is 0 Å². The second kappa shape index (κ2) is 6.74. The predicted molar refractivity (Wildman–Crippen MR) is 89.3 cm³/mol. The van der Waals surface area contributed by atoms with Gasteiger partial charge in [-0.2, -0.15) is 0 Å². The van der Waals surface area contributed by atoms with E-state index in [1.54, 1.807) is 0 Å². The first kappa shape index (κ1) is 14.8. The van der Waals surface area contributed by atoms with Crippen LogP contribution in [0.25, 0.3) is 11.1 Å². The van der Waals surface area contributed by atoms with E-state index in [0.29, 0.717) is 0 Å². The second-order valence-electron chi connectivity index (χ2n) is 5.64. The van der Waals surface area contributed by atoms with Gasteiger partial charge in [0.05, 0.1) is 0 Å². The molecule has 0 N–H and O–H groups in total. The maximum Gasteiger partial charge on any atom is -0.00134 e. The summed E-state index contributed by atoms with van der Waals surface area (Å²) in [5.74, 6) is 0. The van der Waals surface area contributed by atoms with Gasteiger partial charge in [-0.3, -0.25) is 0 Å². The molecule has 0 bridgehead atoms. The van der Waals surface area contributed by atoms with Crippen LogP contribution in [0.15, 0.2) is 42.5 Å². The van der Waals surface area contributed by atoms with Crippen LogP contribution in [-0.4, -0.2) is 0 Å². The van der Waals surface area contributed by atoms with E-state index in [0.717, 1.165) is 6.42 Å². The first-order valence-corrected chi connectivity index (χ1v) is 7.58. The Morgan fingerprint density at radius 3 is 2.50 bits per heavy atom. The van der Waals surface area contributed by atoms with Gasteiger partial charge >= 0.3 is 0 Å². The van der Waals surface area contributed by atoms with E-state index in [-0.39, 0.29) is 7.43 Å². The fraction of sp³-hybridized carbons (Fsp3) is 0.400. The van der Waals surface area contributed by atoms with Gasteiger partial charge in [-0.1, -0.05) is 76.1 Å². The molecular formula is C20H26. The third-order valence-electron chi connectivity index (χ3n) is 4.18. The molecule has 0 nitrogen and oxygen atoms in total. The molecule has 0 amide bonds. The van der Waals surface area contributed by atoms with Gasteiger partial charge < -0.3 is 0 Å². The third-order valence-corrected chi connectivity index (χ3v) is 4.18. The van der Waals surface area contributed by atoms with Crippen LogP contribution in [0.3, 0.4) is 0 Å². The SMILES string of the molecule is C.CCCCCCc1ccc2c(c1)Cc1ccccc1-2. The maximum absolute atomic E-state index is 2.43. The van der Waals surface area contributed by atoms with Gasteiger partial charge in [0.15, 0.2) is 0 Å². The Hall–Kier alpha value is -1.56. The first-order chi connectivity index (χ1) is 9.38. The van der Waals surface area contributed by atoms with Gasteiger partial charge in [-0.15, -0.1) is 0 Å². The van der Waals surface area contributed by atoms with Crippen molar-refractivity contribution in [2.45, 2.75) is 52.9 Å². The van der Waals surface area contributed by atoms with Crippen molar-refractivity contribution < 1.29 is 0 Å². The monoisotopic (exact) mass is 266 g/mol. The van der Waals surface area contributed by atoms with E-state index >= 15 is 0 Å². The van der Waals surface area contributed by atoms with Crippen molar-refractivity contribution in [2.75, 3.05) is 0 Å². The largest absolute Gasteiger partial charge is 0.0776 e. The Morgan fingerprint density at radius 1 is 0.850 bits per heavy atom. The van der Waals surface area contributed by atoms with Crippen molar-refractivity contribution in [3.8, 4) is 11.1 Å². The Kier molecular flexibility index (Phi) is 5.00. The van der Waals surface area contributed by atoms with E-state index in [1.807, 2.05) is 0 Å². The minimum absolute atomic E-state index is 0. The highest BCUT2D eigenvalue weighted by molar-refractivity contribution is 5.76. The van der Waals surface area contributed by atoms with Crippen molar-refractivity contribution in [3.63, 3.8) is 0 Å². The number of benzene rings is 2. The number of fused-ring (bicyclic) bond motifs is 3. The summed E-state index contributed by atoms with van der Waals surface area (Å²) in [6.45, 7) is 2.27. The van der Waals surface area contributed by atoms with Gasteiger partial charge in [0.2, 0.25) is 0 Å². The average Bonchev–Trinajstić information content (AvgIpc) is 2.81. The molecule has 1 aliphatic rings. The summed E-state index contributed by atoms with van der Waals surface area (Å²) in [6, 6.07) is 15.9. The highest BCUT2D eigenvalue weighted by Gasteiger charge is 2.17. The zero-order valence-electron chi connectivity index (χ0n) is 11.8. The Bertz CT molecular complexity index is 566. The predicted octanol–water partition coefficient (Wildman–Crippen LogP) is 6.02. The molecule has 0 saturated heterocycles. The molecule has 0 fully saturated rings. The zero-order chi connectivity index (χ0) is 13.1. The molecule has 1 aliphatic carbocycles. The lowest BCUT2D eigenvalue weighted by Crippen LogP contribution is -1.89. The van der Waals surface area contributed by atoms with Gasteiger partial charge in [0.25, 0.3) is 0 Å². The summed E-state index contributed by atoms with van der Waals surface area (Å²) in [7, 11) is 0. The van der Waals surface area contributed by atoms with Crippen LogP contribution in [0.4, 0.5) is 0 Å². The van der Waals surface area contributed by atoms with Crippen molar-refractivity contribution in [1.29, 1.82) is 0 Å². The lowest BCUT2D eigenvalue weighted by Gasteiger charge is -2.05. The lowest BCUT2D eigenvalue weighted by atomic mass is 10.00. The van der Waals surface area contributed by atoms with Crippen molar-refractivity contribution >= 4 is 0 Å². The van der Waals surface area contributed by atoms with Crippen molar-refractivity contribution in [3.05, 3.63) is 59.2 Å². The highest BCUT2D eigenvalue weighted by atomic mass is 14.2. The summed E-state index contributed by atoms with van der Waals surface area (Å²) in [4.78, 5) is 0. The standard InChI is InChI=1S/C19H22.CH4/c1-2-3-4-5-8-15-11-12-19-17(13-15)14-16-9-6-7-10-18(16)19;/h6-7,9-13H,2-5,8,14H2,1H3;1H4. The van der Waals surface area contributed by atoms with E-state index in [9.17, 15) is 0 Å². The number of aryl methyl sites for hydroxylation is 1. The lowest BCUT2D eigenvalue weighted by molar-refractivity contribution is 0.667. The van der Waals surface area contributed by atoms with Gasteiger partial charge in [-0.05, 0) is 47.1 Å². The number of hydrogen-bond acceptors (Lipinski definition) is 0. The molecule has 106 valence electrons. The average molecular weight is 266 g/mol. The molecular weight excluding hydrogens is 240 g/mol. The molecule has 0 aliphatic heterocycles. The summed E-state index contributed by atoms with van der Waals surface area (Å²) >= 11 is 0. The Morgan fingerprint density at radius 2 is 1.65 bits per heavy atom. The van der Waals surface area contributed by atoms with Crippen LogP contribution in [0.2, 0.25) is 0 Å². The normalized spacial score (nSPS) is 11.7. The Labute approximate surface area is 123 Å². The molecule has 2 aromatic carbocycles. The fourth-order valence-corrected chi connectivity index (χ4v) is 3.11. The molecule has 0 radical (unpaired) electrons. The van der Waals surface area contributed by atoms with E-state index in [2.05, 4.69) is 49.4 Å². The van der Waals surface area contributed by atoms with Crippen LogP contribution in [0, 0.1) is 0 Å². The van der Waals surface area contributed by atoms with E-state index < -0.39 is 0 Å². The van der Waals surface area contributed by atoms with E-state index in [1.165, 1.54) is 59.9 Å². The third kappa shape index (κ3) is 2.95. The van der Waals surface area contributed by atoms with Crippen molar-refractivity contribution in [1.82, 2.24) is 0 Å². The number of rotatable bonds is 5. The number of unbranched alkanes of at least 4 members (excludes halogenated alkanes) is 3. The molecule has 0 heteroatoms. The molecule has 0 spiro atoms. The quantitative estimate of drug-likeness (QED) is 0.495. The maximum atomic E-state index is 2.43. The summed E-state index contributed by atoms with van der Waals surface area (Å²) in [6.07, 6.45) is 7.75.